The van der Waals surface area contributed by atoms with Crippen molar-refractivity contribution < 1.29 is 28.6 Å². The van der Waals surface area contributed by atoms with Crippen LogP contribution >= 0.6 is 27.5 Å². The lowest BCUT2D eigenvalue weighted by molar-refractivity contribution is -0.122. The number of imide groups is 2. The van der Waals surface area contributed by atoms with E-state index in [1.54, 1.807) is 36.4 Å². The van der Waals surface area contributed by atoms with Gasteiger partial charge < -0.3 is 14.2 Å². The molecule has 8 nitrogen and oxygen atoms in total. The molecule has 0 aromatic heterocycles. The molecular weight excluding hydrogens is 636 g/mol. The number of hydrogen-bond donors (Lipinski definition) is 1. The van der Waals surface area contributed by atoms with Gasteiger partial charge in [0, 0.05) is 10.0 Å². The normalized spacial score (nSPS) is 14.1. The second kappa shape index (κ2) is 13.6. The molecule has 5 rings (SSSR count). The van der Waals surface area contributed by atoms with Gasteiger partial charge in [-0.2, -0.15) is 0 Å². The van der Waals surface area contributed by atoms with Crippen LogP contribution in [0.1, 0.15) is 23.6 Å². The summed E-state index contributed by atoms with van der Waals surface area (Å²) in [5.74, 6) is -0.374. The zero-order valence-corrected chi connectivity index (χ0v) is 25.4. The SMILES string of the molecule is CCOc1cc(/C=C2\C(=O)NC(=O)N(c3ccc(OCc4ccccc4)cc3)C2=O)cc(Cl)c1OCc1ccccc1Br. The molecular formula is C33H26BrClN2O6. The van der Waals surface area contributed by atoms with Crippen LogP contribution in [0.4, 0.5) is 10.5 Å². The number of carbonyl (C=O) groups is 3. The second-order valence-corrected chi connectivity index (χ2v) is 10.6. The minimum Gasteiger partial charge on any atom is -0.490 e. The van der Waals surface area contributed by atoms with E-state index in [4.69, 9.17) is 25.8 Å². The van der Waals surface area contributed by atoms with E-state index in [1.165, 1.54) is 6.08 Å². The van der Waals surface area contributed by atoms with Crippen LogP contribution in [0.3, 0.4) is 0 Å². The van der Waals surface area contributed by atoms with Crippen molar-refractivity contribution in [3.8, 4) is 17.2 Å². The van der Waals surface area contributed by atoms with E-state index in [2.05, 4.69) is 21.2 Å². The fourth-order valence-corrected chi connectivity index (χ4v) is 5.00. The third-order valence-corrected chi connectivity index (χ3v) is 7.47. The number of nitrogens with one attached hydrogen (secondary N) is 1. The standard InChI is InChI=1S/C33H26BrClN2O6/c1-2-41-29-18-22(17-28(35)30(29)43-20-23-10-6-7-11-27(23)34)16-26-31(38)36-33(40)37(32(26)39)24-12-14-25(15-13-24)42-19-21-8-4-3-5-9-21/h3-18H,2,19-20H2,1H3,(H,36,38,40)/b26-16+. The number of barbiturate groups is 1. The lowest BCUT2D eigenvalue weighted by atomic mass is 10.1. The zero-order chi connectivity index (χ0) is 30.3. The third-order valence-electron chi connectivity index (χ3n) is 6.42. The van der Waals surface area contributed by atoms with E-state index in [-0.39, 0.29) is 22.9 Å². The van der Waals surface area contributed by atoms with Crippen LogP contribution in [0.5, 0.6) is 17.2 Å². The first kappa shape index (κ1) is 29.9. The molecule has 4 aromatic rings. The van der Waals surface area contributed by atoms with Gasteiger partial charge in [0.1, 0.15) is 24.5 Å². The molecule has 1 aliphatic rings. The number of ether oxygens (including phenoxy) is 3. The van der Waals surface area contributed by atoms with Gasteiger partial charge >= 0.3 is 6.03 Å². The fraction of sp³-hybridized carbons (Fsp3) is 0.121. The molecule has 43 heavy (non-hydrogen) atoms. The lowest BCUT2D eigenvalue weighted by Crippen LogP contribution is -2.54. The molecule has 0 unspecified atom stereocenters. The Balaban J connectivity index is 1.37. The minimum absolute atomic E-state index is 0.229. The van der Waals surface area contributed by atoms with Gasteiger partial charge in [0.15, 0.2) is 11.5 Å². The van der Waals surface area contributed by atoms with Crippen molar-refractivity contribution in [1.82, 2.24) is 5.32 Å². The van der Waals surface area contributed by atoms with Crippen molar-refractivity contribution in [1.29, 1.82) is 0 Å². The molecule has 0 bridgehead atoms. The summed E-state index contributed by atoms with van der Waals surface area (Å²) in [4.78, 5) is 39.8. The number of halogens is 2. The van der Waals surface area contributed by atoms with Gasteiger partial charge in [-0.15, -0.1) is 0 Å². The number of rotatable bonds is 10. The molecule has 0 atom stereocenters. The Morgan fingerprint density at radius 2 is 1.58 bits per heavy atom. The number of hydrogen-bond acceptors (Lipinski definition) is 6. The molecule has 1 fully saturated rings. The largest absolute Gasteiger partial charge is 0.490 e. The van der Waals surface area contributed by atoms with Crippen LogP contribution in [-0.2, 0) is 22.8 Å². The Morgan fingerprint density at radius 1 is 0.860 bits per heavy atom. The molecule has 0 spiro atoms. The van der Waals surface area contributed by atoms with E-state index in [1.807, 2.05) is 61.5 Å². The van der Waals surface area contributed by atoms with Crippen molar-refractivity contribution in [2.45, 2.75) is 20.1 Å². The highest BCUT2D eigenvalue weighted by molar-refractivity contribution is 9.10. The maximum absolute atomic E-state index is 13.5. The van der Waals surface area contributed by atoms with Crippen LogP contribution < -0.4 is 24.4 Å². The average Bonchev–Trinajstić information content (AvgIpc) is 3.00. The Hall–Kier alpha value is -4.60. The van der Waals surface area contributed by atoms with Gasteiger partial charge in [0.25, 0.3) is 11.8 Å². The van der Waals surface area contributed by atoms with E-state index in [9.17, 15) is 14.4 Å². The topological polar surface area (TPSA) is 94.2 Å². The highest BCUT2D eigenvalue weighted by atomic mass is 79.9. The Bertz CT molecular complexity index is 1690. The van der Waals surface area contributed by atoms with Crippen LogP contribution in [0.25, 0.3) is 6.08 Å². The number of benzene rings is 4. The van der Waals surface area contributed by atoms with Gasteiger partial charge in [-0.25, -0.2) is 9.69 Å². The molecule has 1 saturated heterocycles. The quantitative estimate of drug-likeness (QED) is 0.141. The minimum atomic E-state index is -0.853. The summed E-state index contributed by atoms with van der Waals surface area (Å²) in [7, 11) is 0. The predicted molar refractivity (Wildman–Crippen MR) is 167 cm³/mol. The second-order valence-electron chi connectivity index (χ2n) is 9.37. The monoisotopic (exact) mass is 660 g/mol. The van der Waals surface area contributed by atoms with E-state index in [0.717, 1.165) is 20.5 Å². The van der Waals surface area contributed by atoms with Crippen molar-refractivity contribution in [3.63, 3.8) is 0 Å². The van der Waals surface area contributed by atoms with E-state index < -0.39 is 17.8 Å². The number of carbonyl (C=O) groups excluding carboxylic acids is 3. The van der Waals surface area contributed by atoms with E-state index in [0.29, 0.717) is 36.0 Å². The molecule has 4 amide bonds. The lowest BCUT2D eigenvalue weighted by Gasteiger charge is -2.26. The number of urea groups is 1. The van der Waals surface area contributed by atoms with Crippen LogP contribution in [0.2, 0.25) is 5.02 Å². The Labute approximate surface area is 261 Å². The van der Waals surface area contributed by atoms with Gasteiger partial charge in [0.2, 0.25) is 0 Å². The summed E-state index contributed by atoms with van der Waals surface area (Å²) < 4.78 is 18.5. The number of nitrogens with zero attached hydrogens (tertiary/aromatic N) is 1. The van der Waals surface area contributed by atoms with Crippen molar-refractivity contribution in [2.24, 2.45) is 0 Å². The van der Waals surface area contributed by atoms with Gasteiger partial charge in [-0.3, -0.25) is 14.9 Å². The number of amides is 4. The number of anilines is 1. The molecule has 1 N–H and O–H groups in total. The first-order valence-electron chi connectivity index (χ1n) is 13.3. The van der Waals surface area contributed by atoms with Crippen molar-refractivity contribution >= 4 is 57.1 Å². The smallest absolute Gasteiger partial charge is 0.335 e. The maximum atomic E-state index is 13.5. The summed E-state index contributed by atoms with van der Waals surface area (Å²) in [5.41, 5.74) is 2.36. The third kappa shape index (κ3) is 7.07. The highest BCUT2D eigenvalue weighted by Gasteiger charge is 2.37. The van der Waals surface area contributed by atoms with E-state index >= 15 is 0 Å². The summed E-state index contributed by atoms with van der Waals surface area (Å²) in [6.45, 7) is 2.74. The molecule has 10 heteroatoms. The fourth-order valence-electron chi connectivity index (χ4n) is 4.33. The average molecular weight is 662 g/mol. The molecule has 0 saturated carbocycles. The predicted octanol–water partition coefficient (Wildman–Crippen LogP) is 7.33. The van der Waals surface area contributed by atoms with Crippen LogP contribution in [0, 0.1) is 0 Å². The highest BCUT2D eigenvalue weighted by Crippen LogP contribution is 2.38. The zero-order valence-electron chi connectivity index (χ0n) is 23.0. The Kier molecular flexibility index (Phi) is 9.44. The summed E-state index contributed by atoms with van der Waals surface area (Å²) >= 11 is 10.1. The molecule has 4 aromatic carbocycles. The first-order valence-corrected chi connectivity index (χ1v) is 14.5. The van der Waals surface area contributed by atoms with Gasteiger partial charge in [-0.1, -0.05) is 76.1 Å². The summed E-state index contributed by atoms with van der Waals surface area (Å²) in [6, 6.07) is 26.1. The molecule has 1 aliphatic heterocycles. The molecule has 0 radical (unpaired) electrons. The van der Waals surface area contributed by atoms with Crippen molar-refractivity contribution in [2.75, 3.05) is 11.5 Å². The molecule has 1 heterocycles. The van der Waals surface area contributed by atoms with Gasteiger partial charge in [0.05, 0.1) is 17.3 Å². The van der Waals surface area contributed by atoms with Crippen molar-refractivity contribution in [3.05, 3.63) is 123 Å². The van der Waals surface area contributed by atoms with Crippen LogP contribution in [0.15, 0.2) is 101 Å². The van der Waals surface area contributed by atoms with Crippen LogP contribution in [-0.4, -0.2) is 24.5 Å². The maximum Gasteiger partial charge on any atom is 0.335 e. The van der Waals surface area contributed by atoms with Gasteiger partial charge in [-0.05, 0) is 66.6 Å². The molecule has 218 valence electrons. The Morgan fingerprint density at radius 3 is 2.30 bits per heavy atom. The summed E-state index contributed by atoms with van der Waals surface area (Å²) in [5, 5.41) is 2.46. The first-order chi connectivity index (χ1) is 20.8. The summed E-state index contributed by atoms with van der Waals surface area (Å²) in [6.07, 6.45) is 1.36. The molecule has 0 aliphatic carbocycles.